The average Bonchev–Trinajstić information content (AvgIpc) is 2.36. The van der Waals surface area contributed by atoms with E-state index in [1.54, 1.807) is 24.1 Å². The lowest BCUT2D eigenvalue weighted by Gasteiger charge is -2.34. The first-order chi connectivity index (χ1) is 9.54. The summed E-state index contributed by atoms with van der Waals surface area (Å²) in [6.45, 7) is 0.912. The van der Waals surface area contributed by atoms with Gasteiger partial charge < -0.3 is 14.7 Å². The number of aliphatic hydroxyl groups excluding tert-OH is 1. The molecule has 2 rings (SSSR count). The molecule has 0 aromatic heterocycles. The first-order valence-corrected chi connectivity index (χ1v) is 6.85. The molecule has 1 aromatic rings. The Bertz CT molecular complexity index is 460. The predicted molar refractivity (Wildman–Crippen MR) is 72.9 cm³/mol. The molecule has 0 radical (unpaired) electrons. The minimum atomic E-state index is -0.352. The van der Waals surface area contributed by atoms with Gasteiger partial charge in [0, 0.05) is 19.7 Å². The van der Waals surface area contributed by atoms with Crippen LogP contribution in [-0.2, 0) is 4.79 Å². The zero-order chi connectivity index (χ0) is 14.5. The van der Waals surface area contributed by atoms with Gasteiger partial charge in [-0.1, -0.05) is 6.07 Å². The molecule has 4 nitrogen and oxygen atoms in total. The van der Waals surface area contributed by atoms with E-state index in [0.29, 0.717) is 18.2 Å². The molecule has 0 unspecified atom stereocenters. The summed E-state index contributed by atoms with van der Waals surface area (Å²) in [6, 6.07) is 5.87. The van der Waals surface area contributed by atoms with Crippen LogP contribution in [-0.4, -0.2) is 42.2 Å². The number of nitrogens with zero attached hydrogens (tertiary/aromatic N) is 1. The molecule has 0 spiro atoms. The third-order valence-corrected chi connectivity index (χ3v) is 3.55. The lowest BCUT2D eigenvalue weighted by atomic mass is 9.82. The second-order valence-electron chi connectivity index (χ2n) is 5.32. The Labute approximate surface area is 118 Å². The van der Waals surface area contributed by atoms with E-state index in [1.807, 2.05) is 0 Å². The summed E-state index contributed by atoms with van der Waals surface area (Å²) in [5, 5.41) is 9.21. The molecule has 1 amide bonds. The third kappa shape index (κ3) is 4.20. The van der Waals surface area contributed by atoms with Crippen LogP contribution in [0.4, 0.5) is 4.39 Å². The fraction of sp³-hybridized carbons (Fsp3) is 0.533. The molecule has 5 heteroatoms. The van der Waals surface area contributed by atoms with Crippen LogP contribution in [0.5, 0.6) is 5.75 Å². The van der Waals surface area contributed by atoms with Crippen molar-refractivity contribution in [1.29, 1.82) is 0 Å². The molecule has 0 saturated heterocycles. The van der Waals surface area contributed by atoms with Crippen LogP contribution in [0.15, 0.2) is 24.3 Å². The van der Waals surface area contributed by atoms with Gasteiger partial charge in [-0.2, -0.15) is 0 Å². The summed E-state index contributed by atoms with van der Waals surface area (Å²) in [7, 11) is 1.76. The van der Waals surface area contributed by atoms with Crippen molar-refractivity contribution in [3.05, 3.63) is 30.1 Å². The van der Waals surface area contributed by atoms with Crippen molar-refractivity contribution in [2.75, 3.05) is 20.2 Å². The standard InChI is InChI=1S/C15H20FNO3/c1-17(10-11-7-13(18)8-11)15(19)5-6-20-14-4-2-3-12(16)9-14/h2-4,9,11,13,18H,5-8,10H2,1H3. The van der Waals surface area contributed by atoms with Crippen molar-refractivity contribution >= 4 is 5.91 Å². The van der Waals surface area contributed by atoms with Crippen LogP contribution in [0.3, 0.4) is 0 Å². The Morgan fingerprint density at radius 1 is 1.50 bits per heavy atom. The molecule has 0 bridgehead atoms. The van der Waals surface area contributed by atoms with Crippen LogP contribution in [0.25, 0.3) is 0 Å². The van der Waals surface area contributed by atoms with E-state index >= 15 is 0 Å². The maximum atomic E-state index is 12.9. The van der Waals surface area contributed by atoms with Crippen molar-refractivity contribution in [3.8, 4) is 5.75 Å². The molecule has 20 heavy (non-hydrogen) atoms. The number of hydrogen-bond acceptors (Lipinski definition) is 3. The van der Waals surface area contributed by atoms with E-state index < -0.39 is 0 Å². The van der Waals surface area contributed by atoms with Crippen molar-refractivity contribution in [2.45, 2.75) is 25.4 Å². The average molecular weight is 281 g/mol. The maximum Gasteiger partial charge on any atom is 0.225 e. The maximum absolute atomic E-state index is 12.9. The first-order valence-electron chi connectivity index (χ1n) is 6.85. The topological polar surface area (TPSA) is 49.8 Å². The second kappa shape index (κ2) is 6.70. The molecule has 1 aromatic carbocycles. The molecule has 0 aliphatic heterocycles. The number of ether oxygens (including phenoxy) is 1. The van der Waals surface area contributed by atoms with E-state index in [-0.39, 0.29) is 30.9 Å². The van der Waals surface area contributed by atoms with Gasteiger partial charge in [-0.05, 0) is 30.9 Å². The molecular weight excluding hydrogens is 261 g/mol. The van der Waals surface area contributed by atoms with E-state index in [0.717, 1.165) is 12.8 Å². The first kappa shape index (κ1) is 14.8. The number of benzene rings is 1. The highest BCUT2D eigenvalue weighted by atomic mass is 19.1. The third-order valence-electron chi connectivity index (χ3n) is 3.55. The number of carbonyl (C=O) groups is 1. The summed E-state index contributed by atoms with van der Waals surface area (Å²) in [5.41, 5.74) is 0. The van der Waals surface area contributed by atoms with Crippen molar-refractivity contribution < 1.29 is 19.0 Å². The number of rotatable bonds is 6. The Kier molecular flexibility index (Phi) is 4.95. The molecule has 1 N–H and O–H groups in total. The molecule has 0 heterocycles. The zero-order valence-electron chi connectivity index (χ0n) is 11.6. The smallest absolute Gasteiger partial charge is 0.225 e. The van der Waals surface area contributed by atoms with E-state index in [9.17, 15) is 14.3 Å². The minimum Gasteiger partial charge on any atom is -0.493 e. The van der Waals surface area contributed by atoms with Crippen LogP contribution in [0, 0.1) is 11.7 Å². The van der Waals surface area contributed by atoms with E-state index in [1.165, 1.54) is 12.1 Å². The van der Waals surface area contributed by atoms with Gasteiger partial charge in [0.2, 0.25) is 5.91 Å². The lowest BCUT2D eigenvalue weighted by molar-refractivity contribution is -0.132. The zero-order valence-corrected chi connectivity index (χ0v) is 11.6. The monoisotopic (exact) mass is 281 g/mol. The summed E-state index contributed by atoms with van der Waals surface area (Å²) < 4.78 is 18.3. The Hall–Kier alpha value is -1.62. The molecule has 0 atom stereocenters. The molecule has 1 aliphatic rings. The van der Waals surface area contributed by atoms with Crippen LogP contribution in [0.1, 0.15) is 19.3 Å². The van der Waals surface area contributed by atoms with E-state index in [4.69, 9.17) is 4.74 Å². The summed E-state index contributed by atoms with van der Waals surface area (Å²) in [5.74, 6) is 0.489. The molecular formula is C15H20FNO3. The Morgan fingerprint density at radius 3 is 2.90 bits per heavy atom. The van der Waals surface area contributed by atoms with Gasteiger partial charge in [-0.25, -0.2) is 4.39 Å². The molecule has 1 fully saturated rings. The molecule has 110 valence electrons. The highest BCUT2D eigenvalue weighted by Crippen LogP contribution is 2.27. The fourth-order valence-corrected chi connectivity index (χ4v) is 2.34. The number of amides is 1. The van der Waals surface area contributed by atoms with Gasteiger partial charge in [0.25, 0.3) is 0 Å². The van der Waals surface area contributed by atoms with Gasteiger partial charge in [-0.15, -0.1) is 0 Å². The normalized spacial score (nSPS) is 21.1. The van der Waals surface area contributed by atoms with Crippen LogP contribution < -0.4 is 4.74 Å². The summed E-state index contributed by atoms with van der Waals surface area (Å²) >= 11 is 0. The van der Waals surface area contributed by atoms with Crippen LogP contribution in [0.2, 0.25) is 0 Å². The number of halogens is 1. The van der Waals surface area contributed by atoms with Gasteiger partial charge >= 0.3 is 0 Å². The lowest BCUT2D eigenvalue weighted by Crippen LogP contribution is -2.39. The summed E-state index contributed by atoms with van der Waals surface area (Å²) in [6.07, 6.45) is 1.62. The van der Waals surface area contributed by atoms with E-state index in [2.05, 4.69) is 0 Å². The minimum absolute atomic E-state index is 0.00259. The van der Waals surface area contributed by atoms with Gasteiger partial charge in [0.1, 0.15) is 11.6 Å². The fourth-order valence-electron chi connectivity index (χ4n) is 2.34. The highest BCUT2D eigenvalue weighted by Gasteiger charge is 2.28. The molecule has 1 saturated carbocycles. The van der Waals surface area contributed by atoms with Gasteiger partial charge in [0.15, 0.2) is 0 Å². The second-order valence-corrected chi connectivity index (χ2v) is 5.32. The van der Waals surface area contributed by atoms with Crippen molar-refractivity contribution in [1.82, 2.24) is 4.90 Å². The summed E-state index contributed by atoms with van der Waals surface area (Å²) in [4.78, 5) is 13.5. The predicted octanol–water partition coefficient (Wildman–Crippen LogP) is 1.82. The highest BCUT2D eigenvalue weighted by molar-refractivity contribution is 5.76. The van der Waals surface area contributed by atoms with Gasteiger partial charge in [0.05, 0.1) is 19.1 Å². The number of hydrogen-bond donors (Lipinski definition) is 1. The van der Waals surface area contributed by atoms with Crippen LogP contribution >= 0.6 is 0 Å². The van der Waals surface area contributed by atoms with Crippen molar-refractivity contribution in [3.63, 3.8) is 0 Å². The van der Waals surface area contributed by atoms with Gasteiger partial charge in [-0.3, -0.25) is 4.79 Å². The number of aliphatic hydroxyl groups is 1. The quantitative estimate of drug-likeness (QED) is 0.865. The largest absolute Gasteiger partial charge is 0.493 e. The van der Waals surface area contributed by atoms with Crippen molar-refractivity contribution in [2.24, 2.45) is 5.92 Å². The molecule has 1 aliphatic carbocycles. The Morgan fingerprint density at radius 2 is 2.25 bits per heavy atom. The SMILES string of the molecule is CN(CC1CC(O)C1)C(=O)CCOc1cccc(F)c1. The number of carbonyl (C=O) groups excluding carboxylic acids is 1. The Balaban J connectivity index is 1.66.